The molecule has 0 spiro atoms. The molecule has 0 aliphatic rings. The molecule has 3 heterocycles. The summed E-state index contributed by atoms with van der Waals surface area (Å²) in [6.07, 6.45) is 6.61. The fourth-order valence-electron chi connectivity index (χ4n) is 2.40. The Labute approximate surface area is 133 Å². The van der Waals surface area contributed by atoms with Crippen molar-refractivity contribution in [3.8, 4) is 5.95 Å². The van der Waals surface area contributed by atoms with Crippen LogP contribution >= 0.6 is 0 Å². The number of carbonyl (C=O) groups excluding carboxylic acids is 1. The highest BCUT2D eigenvalue weighted by Gasteiger charge is 2.17. The molecule has 0 saturated carbocycles. The molecule has 0 aliphatic heterocycles. The van der Waals surface area contributed by atoms with E-state index in [9.17, 15) is 4.79 Å². The Morgan fingerprint density at radius 3 is 2.35 bits per heavy atom. The highest BCUT2D eigenvalue weighted by Crippen LogP contribution is 2.15. The molecular formula is C15H17N7O. The fraction of sp³-hybridized carbons (Fsp3) is 0.267. The lowest BCUT2D eigenvalue weighted by Crippen LogP contribution is -2.15. The number of amides is 1. The van der Waals surface area contributed by atoms with E-state index in [1.165, 1.54) is 0 Å². The zero-order valence-corrected chi connectivity index (χ0v) is 13.4. The molecule has 8 nitrogen and oxygen atoms in total. The van der Waals surface area contributed by atoms with Crippen LogP contribution in [0.4, 0.5) is 5.69 Å². The third-order valence-electron chi connectivity index (χ3n) is 3.67. The van der Waals surface area contributed by atoms with Crippen molar-refractivity contribution in [2.24, 2.45) is 7.05 Å². The second-order valence-corrected chi connectivity index (χ2v) is 5.24. The predicted octanol–water partition coefficient (Wildman–Crippen LogP) is 1.57. The summed E-state index contributed by atoms with van der Waals surface area (Å²) in [5.74, 6) is 1.08. The Balaban J connectivity index is 1.81. The van der Waals surface area contributed by atoms with Crippen LogP contribution < -0.4 is 5.32 Å². The number of rotatable bonds is 3. The van der Waals surface area contributed by atoms with Gasteiger partial charge in [0.05, 0.1) is 29.3 Å². The lowest BCUT2D eigenvalue weighted by molar-refractivity contribution is 0.102. The average molecular weight is 311 g/mol. The van der Waals surface area contributed by atoms with Gasteiger partial charge in [-0.1, -0.05) is 0 Å². The van der Waals surface area contributed by atoms with Crippen molar-refractivity contribution in [3.63, 3.8) is 0 Å². The van der Waals surface area contributed by atoms with Crippen LogP contribution in [0.1, 0.15) is 27.6 Å². The summed E-state index contributed by atoms with van der Waals surface area (Å²) < 4.78 is 3.45. The summed E-state index contributed by atoms with van der Waals surface area (Å²) >= 11 is 0. The van der Waals surface area contributed by atoms with Crippen molar-refractivity contribution in [3.05, 3.63) is 47.6 Å². The zero-order valence-electron chi connectivity index (χ0n) is 13.4. The number of hydrogen-bond acceptors (Lipinski definition) is 5. The van der Waals surface area contributed by atoms with E-state index in [0.717, 1.165) is 11.5 Å². The van der Waals surface area contributed by atoms with Gasteiger partial charge in [0.25, 0.3) is 5.91 Å². The lowest BCUT2D eigenvalue weighted by atomic mass is 10.2. The maximum absolute atomic E-state index is 12.4. The van der Waals surface area contributed by atoms with Gasteiger partial charge in [-0.25, -0.2) is 15.0 Å². The number of aryl methyl sites for hydroxylation is 3. The van der Waals surface area contributed by atoms with Gasteiger partial charge in [-0.05, 0) is 20.8 Å². The summed E-state index contributed by atoms with van der Waals surface area (Å²) in [4.78, 5) is 25.0. The van der Waals surface area contributed by atoms with E-state index in [1.807, 2.05) is 27.8 Å². The number of nitrogens with zero attached hydrogens (tertiary/aromatic N) is 6. The molecule has 0 fully saturated rings. The molecule has 0 atom stereocenters. The Hall–Kier alpha value is -3.03. The molecule has 1 amide bonds. The van der Waals surface area contributed by atoms with Crippen LogP contribution in [0, 0.1) is 20.8 Å². The Kier molecular flexibility index (Phi) is 3.65. The number of hydrogen-bond donors (Lipinski definition) is 1. The van der Waals surface area contributed by atoms with Crippen LogP contribution in [0.15, 0.2) is 24.8 Å². The topological polar surface area (TPSA) is 90.5 Å². The highest BCUT2D eigenvalue weighted by molar-refractivity contribution is 6.05. The molecule has 1 N–H and O–H groups in total. The van der Waals surface area contributed by atoms with Crippen LogP contribution in [0.2, 0.25) is 0 Å². The summed E-state index contributed by atoms with van der Waals surface area (Å²) in [5.41, 5.74) is 2.60. The second-order valence-electron chi connectivity index (χ2n) is 5.24. The van der Waals surface area contributed by atoms with Crippen molar-refractivity contribution in [2.45, 2.75) is 20.8 Å². The number of carbonyl (C=O) groups is 1. The molecular weight excluding hydrogens is 294 g/mol. The van der Waals surface area contributed by atoms with Crippen molar-refractivity contribution in [2.75, 3.05) is 5.32 Å². The fourth-order valence-corrected chi connectivity index (χ4v) is 2.40. The molecule has 0 radical (unpaired) electrons. The van der Waals surface area contributed by atoms with E-state index in [-0.39, 0.29) is 5.91 Å². The van der Waals surface area contributed by atoms with Gasteiger partial charge in [0.15, 0.2) is 0 Å². The minimum atomic E-state index is -0.219. The van der Waals surface area contributed by atoms with Crippen LogP contribution in [0.3, 0.4) is 0 Å². The largest absolute Gasteiger partial charge is 0.319 e. The van der Waals surface area contributed by atoms with E-state index in [4.69, 9.17) is 0 Å². The van der Waals surface area contributed by atoms with Gasteiger partial charge in [-0.3, -0.25) is 14.0 Å². The van der Waals surface area contributed by atoms with E-state index >= 15 is 0 Å². The highest BCUT2D eigenvalue weighted by atomic mass is 16.1. The van der Waals surface area contributed by atoms with Crippen molar-refractivity contribution in [1.29, 1.82) is 0 Å². The quantitative estimate of drug-likeness (QED) is 0.793. The SMILES string of the molecule is Cc1nn(C)c(C)c1C(=O)Nc1cnc(-n2ccnc2C)nc1. The molecule has 3 aromatic rings. The van der Waals surface area contributed by atoms with Crippen molar-refractivity contribution >= 4 is 11.6 Å². The standard InChI is InChI=1S/C15H17N7O/c1-9-13(10(2)21(4)20-9)14(23)19-12-7-17-15(18-8-12)22-6-5-16-11(22)3/h5-8H,1-4H3,(H,19,23). The number of aromatic nitrogens is 6. The molecule has 0 aliphatic carbocycles. The lowest BCUT2D eigenvalue weighted by Gasteiger charge is -2.07. The maximum Gasteiger partial charge on any atom is 0.259 e. The van der Waals surface area contributed by atoms with Crippen LogP contribution in [-0.2, 0) is 7.05 Å². The molecule has 0 unspecified atom stereocenters. The molecule has 8 heteroatoms. The van der Waals surface area contributed by atoms with Crippen LogP contribution in [0.25, 0.3) is 5.95 Å². The summed E-state index contributed by atoms with van der Waals surface area (Å²) in [6, 6.07) is 0. The maximum atomic E-state index is 12.4. The van der Waals surface area contributed by atoms with E-state index in [2.05, 4.69) is 25.4 Å². The normalized spacial score (nSPS) is 10.8. The average Bonchev–Trinajstić information content (AvgIpc) is 3.04. The molecule has 23 heavy (non-hydrogen) atoms. The van der Waals surface area contributed by atoms with Gasteiger partial charge in [-0.2, -0.15) is 5.10 Å². The van der Waals surface area contributed by atoms with Gasteiger partial charge >= 0.3 is 0 Å². The molecule has 0 aromatic carbocycles. The number of anilines is 1. The summed E-state index contributed by atoms with van der Waals surface area (Å²) in [5, 5.41) is 7.04. The molecule has 3 aromatic heterocycles. The smallest absolute Gasteiger partial charge is 0.259 e. The monoisotopic (exact) mass is 311 g/mol. The van der Waals surface area contributed by atoms with Crippen molar-refractivity contribution in [1.82, 2.24) is 29.3 Å². The van der Waals surface area contributed by atoms with E-state index in [1.54, 1.807) is 34.0 Å². The van der Waals surface area contributed by atoms with E-state index in [0.29, 0.717) is 22.9 Å². The Morgan fingerprint density at radius 2 is 1.83 bits per heavy atom. The Morgan fingerprint density at radius 1 is 1.13 bits per heavy atom. The van der Waals surface area contributed by atoms with Gasteiger partial charge in [0.1, 0.15) is 5.82 Å². The van der Waals surface area contributed by atoms with E-state index < -0.39 is 0 Å². The molecule has 3 rings (SSSR count). The Bertz CT molecular complexity index is 861. The minimum absolute atomic E-state index is 0.219. The van der Waals surface area contributed by atoms with Crippen molar-refractivity contribution < 1.29 is 4.79 Å². The minimum Gasteiger partial charge on any atom is -0.319 e. The first kappa shape index (κ1) is 14.9. The third kappa shape index (κ3) is 2.70. The van der Waals surface area contributed by atoms with Gasteiger partial charge in [0, 0.05) is 25.1 Å². The summed E-state index contributed by atoms with van der Waals surface area (Å²) in [6.45, 7) is 5.53. The predicted molar refractivity (Wildman–Crippen MR) is 84.5 cm³/mol. The first-order valence-corrected chi connectivity index (χ1v) is 7.11. The zero-order chi connectivity index (χ0) is 16.6. The van der Waals surface area contributed by atoms with Crippen LogP contribution in [0.5, 0.6) is 0 Å². The van der Waals surface area contributed by atoms with Gasteiger partial charge < -0.3 is 5.32 Å². The second kappa shape index (κ2) is 5.64. The summed E-state index contributed by atoms with van der Waals surface area (Å²) in [7, 11) is 1.81. The molecule has 0 bridgehead atoms. The number of imidazole rings is 1. The first-order chi connectivity index (χ1) is 11.0. The third-order valence-corrected chi connectivity index (χ3v) is 3.67. The van der Waals surface area contributed by atoms with Gasteiger partial charge in [-0.15, -0.1) is 0 Å². The van der Waals surface area contributed by atoms with Gasteiger partial charge in [0.2, 0.25) is 5.95 Å². The molecule has 118 valence electrons. The first-order valence-electron chi connectivity index (χ1n) is 7.11. The number of nitrogens with one attached hydrogen (secondary N) is 1. The molecule has 0 saturated heterocycles. The van der Waals surface area contributed by atoms with Crippen LogP contribution in [-0.4, -0.2) is 35.2 Å².